The summed E-state index contributed by atoms with van der Waals surface area (Å²) in [5.41, 5.74) is 8.76. The van der Waals surface area contributed by atoms with Crippen molar-refractivity contribution in [3.8, 4) is 0 Å². The number of nitrogens with two attached hydrogens (primary N) is 1. The molecule has 0 radical (unpaired) electrons. The fourth-order valence-corrected chi connectivity index (χ4v) is 2.28. The first-order valence-corrected chi connectivity index (χ1v) is 5.72. The lowest BCUT2D eigenvalue weighted by atomic mass is 10.2. The predicted molar refractivity (Wildman–Crippen MR) is 58.3 cm³/mol. The lowest BCUT2D eigenvalue weighted by Crippen LogP contribution is -2.36. The van der Waals surface area contributed by atoms with Gasteiger partial charge in [0.05, 0.1) is 23.8 Å². The van der Waals surface area contributed by atoms with E-state index >= 15 is 0 Å². The minimum atomic E-state index is 0.265. The standard InChI is InChI=1S/C9H14N4S/c1-2-3-13-8(4-11-9(13)10)7-5-14-6-12-7/h5-6,8H,2-4H2,1H3,(H2,10,11). The molecule has 1 aliphatic rings. The third kappa shape index (κ3) is 1.59. The van der Waals surface area contributed by atoms with Crippen molar-refractivity contribution in [1.82, 2.24) is 9.88 Å². The molecular formula is C9H14N4S. The number of hydrogen-bond acceptors (Lipinski definition) is 5. The molecule has 1 aromatic heterocycles. The maximum absolute atomic E-state index is 5.81. The highest BCUT2D eigenvalue weighted by Gasteiger charge is 2.27. The largest absolute Gasteiger partial charge is 0.370 e. The van der Waals surface area contributed by atoms with E-state index in [1.807, 2.05) is 5.51 Å². The first kappa shape index (κ1) is 9.45. The summed E-state index contributed by atoms with van der Waals surface area (Å²) in [4.78, 5) is 10.7. The highest BCUT2D eigenvalue weighted by Crippen LogP contribution is 2.24. The summed E-state index contributed by atoms with van der Waals surface area (Å²) in [5, 5.41) is 2.07. The fourth-order valence-electron chi connectivity index (χ4n) is 1.68. The van der Waals surface area contributed by atoms with Gasteiger partial charge in [-0.2, -0.15) is 0 Å². The van der Waals surface area contributed by atoms with Crippen LogP contribution in [-0.4, -0.2) is 28.9 Å². The molecule has 0 spiro atoms. The number of nitrogens with zero attached hydrogens (tertiary/aromatic N) is 3. The van der Waals surface area contributed by atoms with Crippen LogP contribution in [-0.2, 0) is 0 Å². The third-order valence-corrected chi connectivity index (χ3v) is 2.96. The van der Waals surface area contributed by atoms with Crippen molar-refractivity contribution in [3.63, 3.8) is 0 Å². The van der Waals surface area contributed by atoms with Crippen LogP contribution in [0.1, 0.15) is 25.1 Å². The van der Waals surface area contributed by atoms with E-state index in [9.17, 15) is 0 Å². The SMILES string of the molecule is CCCN1C(N)=NCC1c1cscn1. The van der Waals surface area contributed by atoms with E-state index in [0.29, 0.717) is 5.96 Å². The third-order valence-electron chi connectivity index (χ3n) is 2.35. The van der Waals surface area contributed by atoms with E-state index in [1.54, 1.807) is 11.3 Å². The van der Waals surface area contributed by atoms with E-state index in [2.05, 4.69) is 27.2 Å². The van der Waals surface area contributed by atoms with Gasteiger partial charge in [0.2, 0.25) is 0 Å². The Kier molecular flexibility index (Phi) is 2.67. The molecule has 0 saturated carbocycles. The molecule has 0 fully saturated rings. The molecule has 1 atom stereocenters. The van der Waals surface area contributed by atoms with Gasteiger partial charge in [-0.25, -0.2) is 4.98 Å². The molecule has 0 amide bonds. The summed E-state index contributed by atoms with van der Waals surface area (Å²) in [6.45, 7) is 3.84. The van der Waals surface area contributed by atoms with Gasteiger partial charge in [-0.15, -0.1) is 11.3 Å². The van der Waals surface area contributed by atoms with Gasteiger partial charge in [0.15, 0.2) is 5.96 Å². The number of guanidine groups is 1. The average molecular weight is 210 g/mol. The van der Waals surface area contributed by atoms with Crippen molar-refractivity contribution in [3.05, 3.63) is 16.6 Å². The smallest absolute Gasteiger partial charge is 0.191 e. The van der Waals surface area contributed by atoms with Crippen LogP contribution >= 0.6 is 11.3 Å². The summed E-state index contributed by atoms with van der Waals surface area (Å²) in [7, 11) is 0. The van der Waals surface area contributed by atoms with E-state index in [-0.39, 0.29) is 6.04 Å². The van der Waals surface area contributed by atoms with Gasteiger partial charge >= 0.3 is 0 Å². The Balaban J connectivity index is 2.14. The van der Waals surface area contributed by atoms with Crippen molar-refractivity contribution >= 4 is 17.3 Å². The molecule has 76 valence electrons. The molecule has 1 unspecified atom stereocenters. The molecule has 5 heteroatoms. The molecule has 0 bridgehead atoms. The Morgan fingerprint density at radius 1 is 1.71 bits per heavy atom. The number of aromatic nitrogens is 1. The minimum Gasteiger partial charge on any atom is -0.370 e. The summed E-state index contributed by atoms with van der Waals surface area (Å²) in [6, 6.07) is 0.265. The Hall–Kier alpha value is -1.10. The Morgan fingerprint density at radius 2 is 2.57 bits per heavy atom. The minimum absolute atomic E-state index is 0.265. The molecular weight excluding hydrogens is 196 g/mol. The van der Waals surface area contributed by atoms with Crippen LogP contribution in [0.4, 0.5) is 0 Å². The highest BCUT2D eigenvalue weighted by molar-refractivity contribution is 7.07. The van der Waals surface area contributed by atoms with Crippen molar-refractivity contribution < 1.29 is 0 Å². The molecule has 0 aromatic carbocycles. The molecule has 2 rings (SSSR count). The van der Waals surface area contributed by atoms with Crippen LogP contribution in [0.5, 0.6) is 0 Å². The molecule has 1 aromatic rings. The quantitative estimate of drug-likeness (QED) is 0.816. The van der Waals surface area contributed by atoms with E-state index in [1.165, 1.54) is 0 Å². The van der Waals surface area contributed by atoms with Gasteiger partial charge in [0, 0.05) is 11.9 Å². The normalized spacial score (nSPS) is 21.4. The Labute approximate surface area is 87.5 Å². The monoisotopic (exact) mass is 210 g/mol. The Morgan fingerprint density at radius 3 is 3.21 bits per heavy atom. The number of rotatable bonds is 3. The number of hydrogen-bond donors (Lipinski definition) is 1. The lowest BCUT2D eigenvalue weighted by molar-refractivity contribution is 0.342. The van der Waals surface area contributed by atoms with Crippen LogP contribution in [0.15, 0.2) is 15.9 Å². The molecule has 0 aliphatic carbocycles. The van der Waals surface area contributed by atoms with Gasteiger partial charge in [-0.1, -0.05) is 6.92 Å². The molecule has 1 aliphatic heterocycles. The van der Waals surface area contributed by atoms with Crippen LogP contribution in [0, 0.1) is 0 Å². The van der Waals surface area contributed by atoms with Crippen LogP contribution < -0.4 is 5.73 Å². The van der Waals surface area contributed by atoms with Gasteiger partial charge < -0.3 is 10.6 Å². The van der Waals surface area contributed by atoms with E-state index in [0.717, 1.165) is 25.2 Å². The van der Waals surface area contributed by atoms with Gasteiger partial charge in [0.1, 0.15) is 0 Å². The van der Waals surface area contributed by atoms with E-state index in [4.69, 9.17) is 5.73 Å². The first-order chi connectivity index (χ1) is 6.83. The van der Waals surface area contributed by atoms with Crippen LogP contribution in [0.2, 0.25) is 0 Å². The van der Waals surface area contributed by atoms with Crippen molar-refractivity contribution in [2.45, 2.75) is 19.4 Å². The topological polar surface area (TPSA) is 54.5 Å². The zero-order chi connectivity index (χ0) is 9.97. The van der Waals surface area contributed by atoms with E-state index < -0.39 is 0 Å². The highest BCUT2D eigenvalue weighted by atomic mass is 32.1. The maximum atomic E-state index is 5.81. The van der Waals surface area contributed by atoms with Crippen molar-refractivity contribution in [1.29, 1.82) is 0 Å². The second-order valence-electron chi connectivity index (χ2n) is 3.32. The first-order valence-electron chi connectivity index (χ1n) is 4.77. The fraction of sp³-hybridized carbons (Fsp3) is 0.556. The number of thiazole rings is 1. The molecule has 2 heterocycles. The zero-order valence-electron chi connectivity index (χ0n) is 8.18. The van der Waals surface area contributed by atoms with Gasteiger partial charge in [-0.05, 0) is 6.42 Å². The summed E-state index contributed by atoms with van der Waals surface area (Å²) in [6.07, 6.45) is 1.08. The summed E-state index contributed by atoms with van der Waals surface area (Å²) < 4.78 is 0. The lowest BCUT2D eigenvalue weighted by Gasteiger charge is -2.24. The van der Waals surface area contributed by atoms with Crippen LogP contribution in [0.3, 0.4) is 0 Å². The second-order valence-corrected chi connectivity index (χ2v) is 4.04. The number of aliphatic imine (C=N–C) groups is 1. The van der Waals surface area contributed by atoms with Crippen molar-refractivity contribution in [2.75, 3.05) is 13.1 Å². The van der Waals surface area contributed by atoms with Gasteiger partial charge in [0.25, 0.3) is 0 Å². The molecule has 4 nitrogen and oxygen atoms in total. The summed E-state index contributed by atoms with van der Waals surface area (Å²) >= 11 is 1.62. The Bertz CT molecular complexity index is 320. The van der Waals surface area contributed by atoms with Crippen molar-refractivity contribution in [2.24, 2.45) is 10.7 Å². The molecule has 14 heavy (non-hydrogen) atoms. The zero-order valence-corrected chi connectivity index (χ0v) is 9.00. The van der Waals surface area contributed by atoms with Crippen LogP contribution in [0.25, 0.3) is 0 Å². The molecule has 2 N–H and O–H groups in total. The van der Waals surface area contributed by atoms with Gasteiger partial charge in [-0.3, -0.25) is 4.99 Å². The summed E-state index contributed by atoms with van der Waals surface area (Å²) in [5.74, 6) is 0.657. The molecule has 0 saturated heterocycles. The second kappa shape index (κ2) is 3.96. The average Bonchev–Trinajstić information content (AvgIpc) is 2.77. The predicted octanol–water partition coefficient (Wildman–Crippen LogP) is 1.22. The maximum Gasteiger partial charge on any atom is 0.191 e.